The average molecular weight is 797 g/mol. The molecule has 0 amide bonds. The Morgan fingerprint density at radius 1 is 0.621 bits per heavy atom. The van der Waals surface area contributed by atoms with Crippen LogP contribution in [0.25, 0.3) is 0 Å². The number of hydrogen-bond acceptors (Lipinski definition) is 6. The van der Waals surface area contributed by atoms with Crippen LogP contribution < -0.4 is 10.6 Å². The molecular formula is C50H72N2O6. The predicted molar refractivity (Wildman–Crippen MR) is 235 cm³/mol. The number of benzene rings is 2. The molecular weight excluding hydrogens is 725 g/mol. The fourth-order valence-corrected chi connectivity index (χ4v) is 10.7. The second kappa shape index (κ2) is 19.0. The zero-order chi connectivity index (χ0) is 43.1. The average Bonchev–Trinajstić information content (AvgIpc) is 3.11. The summed E-state index contributed by atoms with van der Waals surface area (Å²) in [5.41, 5.74) is 3.24. The van der Waals surface area contributed by atoms with Crippen molar-refractivity contribution in [3.05, 3.63) is 95.1 Å². The Kier molecular flexibility index (Phi) is 15.3. The number of carbonyl (C=O) groups is 4. The van der Waals surface area contributed by atoms with E-state index < -0.39 is 17.4 Å². The number of aliphatic carboxylic acids is 2. The van der Waals surface area contributed by atoms with E-state index in [1.807, 2.05) is 0 Å². The fraction of sp³-hybridized carbons (Fsp3) is 0.600. The van der Waals surface area contributed by atoms with Gasteiger partial charge in [0.15, 0.2) is 11.6 Å². The highest BCUT2D eigenvalue weighted by molar-refractivity contribution is 5.90. The lowest BCUT2D eigenvalue weighted by Crippen LogP contribution is -2.57. The van der Waals surface area contributed by atoms with Gasteiger partial charge in [0.05, 0.1) is 0 Å². The van der Waals surface area contributed by atoms with Crippen LogP contribution in [0, 0.1) is 0 Å². The summed E-state index contributed by atoms with van der Waals surface area (Å²) in [6, 6.07) is 12.7. The number of unbranched alkanes of at least 4 members (excludes halogenated alkanes) is 4. The summed E-state index contributed by atoms with van der Waals surface area (Å²) in [7, 11) is 0. The molecule has 0 aliphatic carbocycles. The molecule has 0 atom stereocenters. The minimum absolute atomic E-state index is 0.0555. The Morgan fingerprint density at radius 3 is 1.36 bits per heavy atom. The van der Waals surface area contributed by atoms with E-state index in [4.69, 9.17) is 0 Å². The molecule has 2 saturated heterocycles. The van der Waals surface area contributed by atoms with Gasteiger partial charge in [-0.25, -0.2) is 0 Å². The first kappa shape index (κ1) is 46.8. The van der Waals surface area contributed by atoms with Crippen LogP contribution in [0.3, 0.4) is 0 Å². The summed E-state index contributed by atoms with van der Waals surface area (Å²) in [4.78, 5) is 51.2. The maximum absolute atomic E-state index is 14.9. The highest BCUT2D eigenvalue weighted by Crippen LogP contribution is 2.51. The Morgan fingerprint density at radius 2 is 1.00 bits per heavy atom. The summed E-state index contributed by atoms with van der Waals surface area (Å²) >= 11 is 0. The number of carbonyl (C=O) groups excluding carboxylic acids is 2. The first-order valence-electron chi connectivity index (χ1n) is 21.6. The van der Waals surface area contributed by atoms with Gasteiger partial charge in [-0.05, 0) is 164 Å². The number of nitrogens with one attached hydrogen (secondary N) is 2. The van der Waals surface area contributed by atoms with Crippen LogP contribution in [-0.2, 0) is 37.4 Å². The van der Waals surface area contributed by atoms with Gasteiger partial charge in [-0.15, -0.1) is 0 Å². The first-order chi connectivity index (χ1) is 27.0. The Hall–Kier alpha value is -3.88. The molecule has 0 aromatic heterocycles. The summed E-state index contributed by atoms with van der Waals surface area (Å²) in [5.74, 6) is -1.69. The van der Waals surface area contributed by atoms with Crippen LogP contribution in [0.15, 0.2) is 61.7 Å². The summed E-state index contributed by atoms with van der Waals surface area (Å²) in [5, 5.41) is 29.0. The highest BCUT2D eigenvalue weighted by Gasteiger charge is 2.49. The van der Waals surface area contributed by atoms with Crippen molar-refractivity contribution in [2.24, 2.45) is 0 Å². The van der Waals surface area contributed by atoms with Crippen molar-refractivity contribution in [2.45, 2.75) is 191 Å². The van der Waals surface area contributed by atoms with E-state index in [-0.39, 0.29) is 64.8 Å². The zero-order valence-corrected chi connectivity index (χ0v) is 36.8. The molecule has 4 N–H and O–H groups in total. The molecule has 0 unspecified atom stereocenters. The molecule has 2 aliphatic rings. The molecule has 0 bridgehead atoms. The van der Waals surface area contributed by atoms with Crippen LogP contribution in [-0.4, -0.2) is 55.9 Å². The van der Waals surface area contributed by atoms with Crippen molar-refractivity contribution < 1.29 is 29.4 Å². The number of piperidine rings is 2. The number of ketones is 2. The molecule has 2 aliphatic heterocycles. The molecule has 2 aromatic rings. The van der Waals surface area contributed by atoms with Crippen molar-refractivity contribution in [3.8, 4) is 0 Å². The van der Waals surface area contributed by atoms with Gasteiger partial charge in [-0.2, -0.15) is 0 Å². The lowest BCUT2D eigenvalue weighted by molar-refractivity contribution is -0.142. The molecule has 2 heterocycles. The van der Waals surface area contributed by atoms with Gasteiger partial charge < -0.3 is 20.8 Å². The smallest absolute Gasteiger partial charge is 0.318 e. The molecule has 58 heavy (non-hydrogen) atoms. The molecule has 2 fully saturated rings. The number of carboxylic acid groups (broad SMARTS) is 2. The standard InChI is InChI=1S/C50H72N2O6/c1-11-38(53)23-19-34-21-25-40(36-30-46(3,4)51-47(5,6)31-36)42(28-34)50(45(57)58,27-17-15-13-14-16-18-44(55)56)43-29-35(20-24-39(54)12-2)22-26-41(43)37-32-48(7,8)52-49(9,10)33-37/h11-12,21-22,25-26,28-29,36-37,51-52H,1-2,13-20,23-24,27,30-33H2,3-10H3,(H,55,56)(H,57,58). The second-order valence-electron chi connectivity index (χ2n) is 20.1. The van der Waals surface area contributed by atoms with Gasteiger partial charge in [0.25, 0.3) is 0 Å². The van der Waals surface area contributed by atoms with Crippen molar-refractivity contribution in [3.63, 3.8) is 0 Å². The molecule has 0 radical (unpaired) electrons. The topological polar surface area (TPSA) is 133 Å². The monoisotopic (exact) mass is 797 g/mol. The maximum atomic E-state index is 14.9. The van der Waals surface area contributed by atoms with E-state index in [1.54, 1.807) is 0 Å². The summed E-state index contributed by atoms with van der Waals surface area (Å²) in [6.07, 6.45) is 11.5. The number of rotatable bonds is 21. The van der Waals surface area contributed by atoms with E-state index in [0.717, 1.165) is 78.3 Å². The van der Waals surface area contributed by atoms with E-state index >= 15 is 0 Å². The highest BCUT2D eigenvalue weighted by atomic mass is 16.4. The quantitative estimate of drug-likeness (QED) is 0.0725. The minimum atomic E-state index is -1.46. The normalized spacial score (nSPS) is 19.0. The third-order valence-electron chi connectivity index (χ3n) is 12.5. The first-order valence-corrected chi connectivity index (χ1v) is 21.6. The van der Waals surface area contributed by atoms with Gasteiger partial charge in [-0.3, -0.25) is 19.2 Å². The third kappa shape index (κ3) is 12.3. The van der Waals surface area contributed by atoms with E-state index in [2.05, 4.69) is 116 Å². The minimum Gasteiger partial charge on any atom is -0.481 e. The van der Waals surface area contributed by atoms with E-state index in [1.165, 1.54) is 12.2 Å². The van der Waals surface area contributed by atoms with Crippen LogP contribution in [0.4, 0.5) is 0 Å². The fourth-order valence-electron chi connectivity index (χ4n) is 10.7. The Balaban J connectivity index is 2.06. The van der Waals surface area contributed by atoms with Crippen LogP contribution in [0.1, 0.15) is 184 Å². The second-order valence-corrected chi connectivity index (χ2v) is 20.1. The van der Waals surface area contributed by atoms with Crippen LogP contribution in [0.5, 0.6) is 0 Å². The number of allylic oxidation sites excluding steroid dienone is 2. The Labute approximate surface area is 348 Å². The van der Waals surface area contributed by atoms with Crippen molar-refractivity contribution in [2.75, 3.05) is 0 Å². The van der Waals surface area contributed by atoms with Crippen LogP contribution in [0.2, 0.25) is 0 Å². The maximum Gasteiger partial charge on any atom is 0.318 e. The predicted octanol–water partition coefficient (Wildman–Crippen LogP) is 10.3. The van der Waals surface area contributed by atoms with Gasteiger partial charge in [0.1, 0.15) is 5.41 Å². The molecule has 8 nitrogen and oxygen atoms in total. The molecule has 318 valence electrons. The SMILES string of the molecule is C=CC(=O)CCc1ccc(C2CC(C)(C)NC(C)(C)C2)c(C(CCCCCCCC(=O)O)(C(=O)O)c2cc(CCC(=O)C=C)ccc2C2CC(C)(C)NC(C)(C)C2)c1. The molecule has 0 saturated carbocycles. The van der Waals surface area contributed by atoms with Gasteiger partial charge in [0, 0.05) is 41.4 Å². The van der Waals surface area contributed by atoms with Gasteiger partial charge >= 0.3 is 11.9 Å². The zero-order valence-electron chi connectivity index (χ0n) is 36.8. The summed E-state index contributed by atoms with van der Waals surface area (Å²) in [6.45, 7) is 25.1. The lowest BCUT2D eigenvalue weighted by atomic mass is 9.62. The molecule has 4 rings (SSSR count). The van der Waals surface area contributed by atoms with Gasteiger partial charge in [0.2, 0.25) is 0 Å². The molecule has 0 spiro atoms. The largest absolute Gasteiger partial charge is 0.481 e. The van der Waals surface area contributed by atoms with Gasteiger partial charge in [-0.1, -0.05) is 75.2 Å². The third-order valence-corrected chi connectivity index (χ3v) is 12.5. The number of aryl methyl sites for hydroxylation is 2. The lowest BCUT2D eigenvalue weighted by Gasteiger charge is -2.49. The van der Waals surface area contributed by atoms with Crippen molar-refractivity contribution >= 4 is 23.5 Å². The summed E-state index contributed by atoms with van der Waals surface area (Å²) < 4.78 is 0. The Bertz CT molecular complexity index is 1690. The van der Waals surface area contributed by atoms with E-state index in [0.29, 0.717) is 32.1 Å². The van der Waals surface area contributed by atoms with E-state index in [9.17, 15) is 29.4 Å². The number of hydrogen-bond donors (Lipinski definition) is 4. The number of carboxylic acids is 2. The van der Waals surface area contributed by atoms with Crippen molar-refractivity contribution in [1.82, 2.24) is 10.6 Å². The molecule has 2 aromatic carbocycles. The van der Waals surface area contributed by atoms with Crippen molar-refractivity contribution in [1.29, 1.82) is 0 Å². The van der Waals surface area contributed by atoms with Crippen LogP contribution >= 0.6 is 0 Å². The molecule has 8 heteroatoms.